The van der Waals surface area contributed by atoms with Crippen LogP contribution < -0.4 is 5.32 Å². The van der Waals surface area contributed by atoms with Crippen LogP contribution >= 0.6 is 0 Å². The number of esters is 1. The van der Waals surface area contributed by atoms with Gasteiger partial charge in [-0.3, -0.25) is 19.3 Å². The molecule has 0 bridgehead atoms. The molecule has 1 aliphatic carbocycles. The van der Waals surface area contributed by atoms with Crippen LogP contribution in [0.1, 0.15) is 53.2 Å². The molecule has 0 unspecified atom stereocenters. The lowest BCUT2D eigenvalue weighted by molar-refractivity contribution is -0.146. The molecule has 0 spiro atoms. The number of hydrogen-bond donors (Lipinski definition) is 1. The summed E-state index contributed by atoms with van der Waals surface area (Å²) in [4.78, 5) is 34.2. The molecule has 4 heterocycles. The lowest BCUT2D eigenvalue weighted by atomic mass is 9.86. The average Bonchev–Trinajstić information content (AvgIpc) is 3.53. The van der Waals surface area contributed by atoms with Gasteiger partial charge < -0.3 is 14.8 Å². The second-order valence-electron chi connectivity index (χ2n) is 9.30. The summed E-state index contributed by atoms with van der Waals surface area (Å²) in [6.45, 7) is 2.37. The number of aromatic nitrogens is 6. The van der Waals surface area contributed by atoms with Crippen molar-refractivity contribution in [3.63, 3.8) is 0 Å². The molecule has 5 rings (SSSR count). The van der Waals surface area contributed by atoms with Crippen molar-refractivity contribution in [1.82, 2.24) is 29.4 Å². The van der Waals surface area contributed by atoms with Crippen molar-refractivity contribution >= 4 is 23.2 Å². The van der Waals surface area contributed by atoms with Crippen LogP contribution in [0.15, 0.2) is 43.1 Å². The quantitative estimate of drug-likeness (QED) is 0.379. The van der Waals surface area contributed by atoms with E-state index >= 15 is 0 Å². The number of fused-ring (bicyclic) bond motifs is 1. The Labute approximate surface area is 213 Å². The highest BCUT2D eigenvalue weighted by Crippen LogP contribution is 2.35. The van der Waals surface area contributed by atoms with Gasteiger partial charge in [0.2, 0.25) is 0 Å². The predicted octanol–water partition coefficient (Wildman–Crippen LogP) is 3.60. The number of nitrogens with zero attached hydrogens (tertiary/aromatic N) is 6. The van der Waals surface area contributed by atoms with Crippen molar-refractivity contribution in [2.75, 3.05) is 19.5 Å². The number of pyridine rings is 1. The third kappa shape index (κ3) is 5.08. The minimum Gasteiger partial charge on any atom is -0.469 e. The highest BCUT2D eigenvalue weighted by Gasteiger charge is 2.29. The fourth-order valence-corrected chi connectivity index (χ4v) is 4.71. The minimum atomic E-state index is -0.343. The molecule has 1 amide bonds. The van der Waals surface area contributed by atoms with E-state index in [2.05, 4.69) is 20.4 Å². The zero-order valence-electron chi connectivity index (χ0n) is 21.0. The monoisotopic (exact) mass is 503 g/mol. The Kier molecular flexibility index (Phi) is 6.95. The summed E-state index contributed by atoms with van der Waals surface area (Å²) in [5, 5.41) is 12.1. The van der Waals surface area contributed by atoms with Crippen molar-refractivity contribution in [3.05, 3.63) is 59.8 Å². The molecule has 4 aromatic rings. The number of aryl methyl sites for hydroxylation is 1. The van der Waals surface area contributed by atoms with Gasteiger partial charge in [0.05, 0.1) is 43.3 Å². The zero-order valence-corrected chi connectivity index (χ0v) is 21.0. The first-order valence-electron chi connectivity index (χ1n) is 12.2. The van der Waals surface area contributed by atoms with Gasteiger partial charge in [0, 0.05) is 37.5 Å². The number of carbonyl (C=O) groups excluding carboxylic acids is 2. The summed E-state index contributed by atoms with van der Waals surface area (Å²) >= 11 is 0. The van der Waals surface area contributed by atoms with Crippen LogP contribution in [0.2, 0.25) is 0 Å². The number of nitrogens with one attached hydrogen (secondary N) is 1. The van der Waals surface area contributed by atoms with E-state index in [-0.39, 0.29) is 23.8 Å². The van der Waals surface area contributed by atoms with Crippen molar-refractivity contribution < 1.29 is 19.1 Å². The second kappa shape index (κ2) is 10.5. The van der Waals surface area contributed by atoms with Gasteiger partial charge in [-0.05, 0) is 44.2 Å². The standard InChI is InChI=1S/C26H29N7O4/c1-16-4-9-21(27-10-16)23-22(14-32(31-23)19-7-5-18(6-8-19)26(35)37-3)30-25(34)20-12-29-33-13-17(15-36-2)11-28-24(20)33/h4,9-14,18-19H,5-8,15H2,1-3H3,(H,30,34)/t18-,19-. The molecule has 0 radical (unpaired) electrons. The maximum absolute atomic E-state index is 13.3. The van der Waals surface area contributed by atoms with E-state index in [9.17, 15) is 9.59 Å². The Hall–Kier alpha value is -4.12. The van der Waals surface area contributed by atoms with Crippen molar-refractivity contribution in [2.24, 2.45) is 5.92 Å². The first-order chi connectivity index (χ1) is 18.0. The van der Waals surface area contributed by atoms with Crippen LogP contribution in [-0.2, 0) is 20.9 Å². The second-order valence-corrected chi connectivity index (χ2v) is 9.30. The topological polar surface area (TPSA) is 126 Å². The summed E-state index contributed by atoms with van der Waals surface area (Å²) in [6.07, 6.45) is 11.6. The first kappa shape index (κ1) is 24.6. The van der Waals surface area contributed by atoms with Crippen LogP contribution in [0.5, 0.6) is 0 Å². The molecule has 11 heteroatoms. The lowest BCUT2D eigenvalue weighted by Gasteiger charge is -2.27. The maximum Gasteiger partial charge on any atom is 0.308 e. The summed E-state index contributed by atoms with van der Waals surface area (Å²) < 4.78 is 13.5. The third-order valence-electron chi connectivity index (χ3n) is 6.71. The molecular formula is C26H29N7O4. The van der Waals surface area contributed by atoms with E-state index in [0.29, 0.717) is 34.9 Å². The molecule has 0 aliphatic heterocycles. The predicted molar refractivity (Wildman–Crippen MR) is 135 cm³/mol. The molecule has 1 saturated carbocycles. The molecule has 0 saturated heterocycles. The van der Waals surface area contributed by atoms with Gasteiger partial charge in [0.1, 0.15) is 11.3 Å². The average molecular weight is 504 g/mol. The molecule has 4 aromatic heterocycles. The highest BCUT2D eigenvalue weighted by atomic mass is 16.5. The molecule has 37 heavy (non-hydrogen) atoms. The van der Waals surface area contributed by atoms with Gasteiger partial charge in [0.15, 0.2) is 5.65 Å². The molecule has 0 atom stereocenters. The van der Waals surface area contributed by atoms with E-state index in [4.69, 9.17) is 14.6 Å². The minimum absolute atomic E-state index is 0.0817. The number of carbonyl (C=O) groups is 2. The van der Waals surface area contributed by atoms with Gasteiger partial charge >= 0.3 is 5.97 Å². The SMILES string of the molecule is COCc1cnc2c(C(=O)Nc3cn([C@H]4CC[C@H](C(=O)OC)CC4)nc3-c3ccc(C)cn3)cnn2c1. The van der Waals surface area contributed by atoms with E-state index in [0.717, 1.165) is 36.8 Å². The van der Waals surface area contributed by atoms with Crippen molar-refractivity contribution in [3.8, 4) is 11.4 Å². The number of rotatable bonds is 7. The Morgan fingerprint density at radius 2 is 1.86 bits per heavy atom. The fourth-order valence-electron chi connectivity index (χ4n) is 4.71. The summed E-state index contributed by atoms with van der Waals surface area (Å²) in [5.41, 5.74) is 4.45. The Morgan fingerprint density at radius 1 is 1.05 bits per heavy atom. The van der Waals surface area contributed by atoms with Crippen LogP contribution in [0, 0.1) is 12.8 Å². The molecular weight excluding hydrogens is 474 g/mol. The number of ether oxygens (including phenoxy) is 2. The van der Waals surface area contributed by atoms with Crippen LogP contribution in [0.3, 0.4) is 0 Å². The molecule has 0 aromatic carbocycles. The maximum atomic E-state index is 13.3. The van der Waals surface area contributed by atoms with Gasteiger partial charge in [-0.2, -0.15) is 10.2 Å². The van der Waals surface area contributed by atoms with Gasteiger partial charge in [-0.1, -0.05) is 6.07 Å². The van der Waals surface area contributed by atoms with E-state index in [1.165, 1.54) is 13.3 Å². The Morgan fingerprint density at radius 3 is 2.57 bits per heavy atom. The number of methoxy groups -OCH3 is 2. The van der Waals surface area contributed by atoms with Crippen molar-refractivity contribution in [2.45, 2.75) is 45.3 Å². The van der Waals surface area contributed by atoms with Crippen molar-refractivity contribution in [1.29, 1.82) is 0 Å². The summed E-state index contributed by atoms with van der Waals surface area (Å²) in [5.74, 6) is -0.584. The van der Waals surface area contributed by atoms with Gasteiger partial charge in [-0.25, -0.2) is 9.50 Å². The lowest BCUT2D eigenvalue weighted by Crippen LogP contribution is -2.24. The first-order valence-corrected chi connectivity index (χ1v) is 12.2. The summed E-state index contributed by atoms with van der Waals surface area (Å²) in [7, 11) is 3.04. The highest BCUT2D eigenvalue weighted by molar-refractivity contribution is 6.09. The van der Waals surface area contributed by atoms with Gasteiger partial charge in [-0.15, -0.1) is 0 Å². The Balaban J connectivity index is 1.43. The van der Waals surface area contributed by atoms with Crippen LogP contribution in [-0.4, -0.2) is 55.5 Å². The number of hydrogen-bond acceptors (Lipinski definition) is 8. The zero-order chi connectivity index (χ0) is 25.9. The molecule has 1 aliphatic rings. The fraction of sp³-hybridized carbons (Fsp3) is 0.385. The largest absolute Gasteiger partial charge is 0.469 e. The number of amides is 1. The molecule has 192 valence electrons. The number of anilines is 1. The van der Waals surface area contributed by atoms with E-state index in [1.54, 1.807) is 30.2 Å². The molecule has 11 nitrogen and oxygen atoms in total. The van der Waals surface area contributed by atoms with E-state index < -0.39 is 0 Å². The van der Waals surface area contributed by atoms with Crippen LogP contribution in [0.4, 0.5) is 5.69 Å². The molecule has 1 N–H and O–H groups in total. The summed E-state index contributed by atoms with van der Waals surface area (Å²) in [6, 6.07) is 3.95. The smallest absolute Gasteiger partial charge is 0.308 e. The van der Waals surface area contributed by atoms with Gasteiger partial charge in [0.25, 0.3) is 5.91 Å². The Bertz CT molecular complexity index is 1420. The normalized spacial score (nSPS) is 17.6. The van der Waals surface area contributed by atoms with Crippen LogP contribution in [0.25, 0.3) is 17.0 Å². The van der Waals surface area contributed by atoms with E-state index in [1.807, 2.05) is 29.9 Å². The molecule has 1 fully saturated rings. The third-order valence-corrected chi connectivity index (χ3v) is 6.71.